The molecule has 0 aliphatic heterocycles. The highest BCUT2D eigenvalue weighted by Gasteiger charge is 2.23. The van der Waals surface area contributed by atoms with Crippen LogP contribution in [0.1, 0.15) is 72.1 Å². The largest absolute Gasteiger partial charge is 0.293 e. The molecule has 112 valence electrons. The molecule has 0 unspecified atom stereocenters. The number of hydrogen-bond acceptors (Lipinski definition) is 3. The standard InChI is InChI=1S/C15H28O3S/c1-4-7-10-11-14(16)15(12-8-5-2)19(17,18)13-9-6-3/h12H,4-11,13H2,1-3H3/b15-12-. The van der Waals surface area contributed by atoms with E-state index in [0.717, 1.165) is 32.1 Å². The molecule has 0 saturated carbocycles. The predicted octanol–water partition coefficient (Wildman–Crippen LogP) is 4.03. The van der Waals surface area contributed by atoms with Crippen molar-refractivity contribution in [1.82, 2.24) is 0 Å². The van der Waals surface area contributed by atoms with Crippen molar-refractivity contribution in [1.29, 1.82) is 0 Å². The lowest BCUT2D eigenvalue weighted by Crippen LogP contribution is -2.17. The number of carbonyl (C=O) groups excluding carboxylic acids is 1. The second-order valence-electron chi connectivity index (χ2n) is 4.91. The molecule has 0 aromatic carbocycles. The van der Waals surface area contributed by atoms with Crippen LogP contribution in [-0.4, -0.2) is 20.0 Å². The van der Waals surface area contributed by atoms with Crippen LogP contribution >= 0.6 is 0 Å². The Morgan fingerprint density at radius 2 is 1.58 bits per heavy atom. The Bertz CT molecular complexity index is 380. The van der Waals surface area contributed by atoms with Crippen LogP contribution < -0.4 is 0 Å². The minimum absolute atomic E-state index is 0.0684. The molecule has 0 fully saturated rings. The van der Waals surface area contributed by atoms with Crippen molar-refractivity contribution in [2.45, 2.75) is 72.1 Å². The van der Waals surface area contributed by atoms with Gasteiger partial charge in [0.2, 0.25) is 0 Å². The third-order valence-electron chi connectivity index (χ3n) is 3.00. The van der Waals surface area contributed by atoms with Gasteiger partial charge >= 0.3 is 0 Å². The minimum Gasteiger partial charge on any atom is -0.293 e. The molecule has 0 aromatic heterocycles. The first-order valence-corrected chi connectivity index (χ1v) is 9.10. The molecule has 0 aromatic rings. The Kier molecular flexibility index (Phi) is 9.84. The summed E-state index contributed by atoms with van der Waals surface area (Å²) in [4.78, 5) is 12.2. The number of Topliss-reactive ketones (excluding diaryl/α,β-unsaturated/α-hetero) is 1. The third-order valence-corrected chi connectivity index (χ3v) is 4.89. The topological polar surface area (TPSA) is 51.2 Å². The van der Waals surface area contributed by atoms with Crippen molar-refractivity contribution in [3.8, 4) is 0 Å². The van der Waals surface area contributed by atoms with Crippen molar-refractivity contribution < 1.29 is 13.2 Å². The normalized spacial score (nSPS) is 12.7. The van der Waals surface area contributed by atoms with Crippen LogP contribution in [0.3, 0.4) is 0 Å². The summed E-state index contributed by atoms with van der Waals surface area (Å²) < 4.78 is 24.4. The molecule has 0 amide bonds. The van der Waals surface area contributed by atoms with E-state index in [9.17, 15) is 13.2 Å². The summed E-state index contributed by atoms with van der Waals surface area (Å²) in [5, 5.41) is 0. The monoisotopic (exact) mass is 288 g/mol. The van der Waals surface area contributed by atoms with Crippen molar-refractivity contribution in [2.24, 2.45) is 0 Å². The Morgan fingerprint density at radius 1 is 0.947 bits per heavy atom. The number of ketones is 1. The lowest BCUT2D eigenvalue weighted by Gasteiger charge is -2.08. The van der Waals surface area contributed by atoms with Crippen molar-refractivity contribution in [3.63, 3.8) is 0 Å². The summed E-state index contributed by atoms with van der Waals surface area (Å²) in [7, 11) is -3.38. The van der Waals surface area contributed by atoms with Crippen molar-refractivity contribution in [2.75, 3.05) is 5.75 Å². The Balaban J connectivity index is 4.85. The summed E-state index contributed by atoms with van der Waals surface area (Å²) in [5.74, 6) is -0.100. The second-order valence-corrected chi connectivity index (χ2v) is 6.99. The fourth-order valence-corrected chi connectivity index (χ4v) is 3.50. The van der Waals surface area contributed by atoms with E-state index in [1.165, 1.54) is 0 Å². The lowest BCUT2D eigenvalue weighted by molar-refractivity contribution is -0.115. The molecule has 0 heterocycles. The average molecular weight is 288 g/mol. The molecule has 3 nitrogen and oxygen atoms in total. The van der Waals surface area contributed by atoms with E-state index in [4.69, 9.17) is 0 Å². The molecule has 0 N–H and O–H groups in total. The van der Waals surface area contributed by atoms with Gasteiger partial charge in [-0.15, -0.1) is 0 Å². The van der Waals surface area contributed by atoms with Crippen LogP contribution in [0.4, 0.5) is 0 Å². The van der Waals surface area contributed by atoms with Crippen LogP contribution in [0.25, 0.3) is 0 Å². The first-order chi connectivity index (χ1) is 8.99. The number of rotatable bonds is 11. The molecule has 0 aliphatic carbocycles. The molecule has 0 spiro atoms. The van der Waals surface area contributed by atoms with Gasteiger partial charge in [-0.1, -0.05) is 52.5 Å². The highest BCUT2D eigenvalue weighted by molar-refractivity contribution is 7.96. The molecule has 0 rings (SSSR count). The summed E-state index contributed by atoms with van der Waals surface area (Å²) in [6.07, 6.45) is 7.72. The third kappa shape index (κ3) is 7.51. The van der Waals surface area contributed by atoms with E-state index in [1.807, 2.05) is 13.8 Å². The van der Waals surface area contributed by atoms with E-state index in [0.29, 0.717) is 19.3 Å². The number of hydrogen-bond donors (Lipinski definition) is 0. The van der Waals surface area contributed by atoms with Gasteiger partial charge in [-0.3, -0.25) is 4.79 Å². The SMILES string of the molecule is CCC/C=C(/C(=O)CCCCC)S(=O)(=O)CCCC. The molecule has 4 heteroatoms. The molecule has 0 radical (unpaired) electrons. The Morgan fingerprint density at radius 3 is 2.11 bits per heavy atom. The first-order valence-electron chi connectivity index (χ1n) is 7.45. The predicted molar refractivity (Wildman–Crippen MR) is 80.8 cm³/mol. The quantitative estimate of drug-likeness (QED) is 0.426. The van der Waals surface area contributed by atoms with E-state index in [1.54, 1.807) is 6.08 Å². The summed E-state index contributed by atoms with van der Waals surface area (Å²) in [6.45, 7) is 6.00. The van der Waals surface area contributed by atoms with E-state index in [-0.39, 0.29) is 16.4 Å². The summed E-state index contributed by atoms with van der Waals surface area (Å²) >= 11 is 0. The molecular formula is C15H28O3S. The van der Waals surface area contributed by atoms with Gasteiger partial charge in [0, 0.05) is 6.42 Å². The van der Waals surface area contributed by atoms with Gasteiger partial charge in [-0.05, 0) is 19.3 Å². The zero-order chi connectivity index (χ0) is 14.7. The maximum Gasteiger partial charge on any atom is 0.181 e. The van der Waals surface area contributed by atoms with Crippen LogP contribution in [0, 0.1) is 0 Å². The molecule has 0 saturated heterocycles. The highest BCUT2D eigenvalue weighted by atomic mass is 32.2. The fraction of sp³-hybridized carbons (Fsp3) is 0.800. The van der Waals surface area contributed by atoms with Crippen LogP contribution in [0.5, 0.6) is 0 Å². The zero-order valence-electron chi connectivity index (χ0n) is 12.6. The molecule has 19 heavy (non-hydrogen) atoms. The van der Waals surface area contributed by atoms with Gasteiger partial charge in [0.15, 0.2) is 15.6 Å². The van der Waals surface area contributed by atoms with Gasteiger partial charge in [0.1, 0.15) is 4.91 Å². The van der Waals surface area contributed by atoms with Crippen LogP contribution in [-0.2, 0) is 14.6 Å². The van der Waals surface area contributed by atoms with Gasteiger partial charge in [-0.25, -0.2) is 8.42 Å². The van der Waals surface area contributed by atoms with E-state index in [2.05, 4.69) is 6.92 Å². The molecule has 0 atom stereocenters. The van der Waals surface area contributed by atoms with Crippen molar-refractivity contribution in [3.05, 3.63) is 11.0 Å². The number of allylic oxidation sites excluding steroid dienone is 2. The first kappa shape index (κ1) is 18.4. The van der Waals surface area contributed by atoms with Gasteiger partial charge < -0.3 is 0 Å². The smallest absolute Gasteiger partial charge is 0.181 e. The second kappa shape index (κ2) is 10.2. The molecule has 0 bridgehead atoms. The lowest BCUT2D eigenvalue weighted by atomic mass is 10.1. The maximum absolute atomic E-state index is 12.2. The minimum atomic E-state index is -3.38. The van der Waals surface area contributed by atoms with Crippen molar-refractivity contribution >= 4 is 15.6 Å². The highest BCUT2D eigenvalue weighted by Crippen LogP contribution is 2.16. The van der Waals surface area contributed by atoms with E-state index >= 15 is 0 Å². The molecule has 0 aliphatic rings. The Labute approximate surface area is 118 Å². The van der Waals surface area contributed by atoms with E-state index < -0.39 is 9.84 Å². The van der Waals surface area contributed by atoms with Gasteiger partial charge in [-0.2, -0.15) is 0 Å². The zero-order valence-corrected chi connectivity index (χ0v) is 13.4. The van der Waals surface area contributed by atoms with Crippen LogP contribution in [0.2, 0.25) is 0 Å². The number of carbonyl (C=O) groups is 1. The van der Waals surface area contributed by atoms with Gasteiger partial charge in [0.25, 0.3) is 0 Å². The number of sulfone groups is 1. The fourth-order valence-electron chi connectivity index (χ4n) is 1.79. The summed E-state index contributed by atoms with van der Waals surface area (Å²) in [5.41, 5.74) is 0. The summed E-state index contributed by atoms with van der Waals surface area (Å²) in [6, 6.07) is 0. The van der Waals surface area contributed by atoms with Gasteiger partial charge in [0.05, 0.1) is 5.75 Å². The average Bonchev–Trinajstić information content (AvgIpc) is 2.37. The Hall–Kier alpha value is -0.640. The maximum atomic E-state index is 12.2. The van der Waals surface area contributed by atoms with Crippen LogP contribution in [0.15, 0.2) is 11.0 Å². The molecular weight excluding hydrogens is 260 g/mol. The number of unbranched alkanes of at least 4 members (excludes halogenated alkanes) is 4.